The third-order valence-electron chi connectivity index (χ3n) is 6.22. The minimum Gasteiger partial charge on any atom is -0.387 e. The number of ether oxygens (including phenoxy) is 1. The maximum absolute atomic E-state index is 12.7. The van der Waals surface area contributed by atoms with Crippen LogP contribution in [0.5, 0.6) is 0 Å². The van der Waals surface area contributed by atoms with Gasteiger partial charge in [-0.3, -0.25) is 4.79 Å². The van der Waals surface area contributed by atoms with E-state index in [1.54, 1.807) is 12.3 Å². The topological polar surface area (TPSA) is 65.9 Å². The molecule has 0 unspecified atom stereocenters. The number of hydrogen-bond acceptors (Lipinski definition) is 5. The molecule has 136 valence electrons. The van der Waals surface area contributed by atoms with Gasteiger partial charge >= 0.3 is 0 Å². The van der Waals surface area contributed by atoms with E-state index in [1.807, 2.05) is 11.0 Å². The predicted octanol–water partition coefficient (Wildman–Crippen LogP) is 1.54. The standard InChI is InChI=1S/C19H27N3O3/c1-14-12-22(13-19(14,24)16-3-2-4-16)17-11-15(5-6-20-17)18(23)21-7-9-25-10-8-21/h5-6,11,14,16,24H,2-4,7-10,12-13H2,1H3/t14-,19+/m1/s1. The first-order chi connectivity index (χ1) is 12.1. The molecule has 2 aliphatic heterocycles. The summed E-state index contributed by atoms with van der Waals surface area (Å²) in [5.74, 6) is 1.46. The number of carbonyl (C=O) groups excluding carboxylic acids is 1. The largest absolute Gasteiger partial charge is 0.387 e. The highest BCUT2D eigenvalue weighted by Gasteiger charge is 2.50. The van der Waals surface area contributed by atoms with E-state index in [0.29, 0.717) is 44.3 Å². The lowest BCUT2D eigenvalue weighted by Crippen LogP contribution is -2.47. The van der Waals surface area contributed by atoms with Crippen molar-refractivity contribution in [2.45, 2.75) is 31.8 Å². The molecule has 0 aromatic carbocycles. The summed E-state index contributed by atoms with van der Waals surface area (Å²) in [6.07, 6.45) is 5.17. The third-order valence-corrected chi connectivity index (χ3v) is 6.22. The van der Waals surface area contributed by atoms with Crippen molar-refractivity contribution in [2.24, 2.45) is 11.8 Å². The van der Waals surface area contributed by atoms with E-state index in [9.17, 15) is 9.90 Å². The fourth-order valence-electron chi connectivity index (χ4n) is 4.30. The van der Waals surface area contributed by atoms with Gasteiger partial charge in [0.05, 0.1) is 18.8 Å². The predicted molar refractivity (Wildman–Crippen MR) is 94.6 cm³/mol. The lowest BCUT2D eigenvalue weighted by molar-refractivity contribution is -0.0615. The maximum Gasteiger partial charge on any atom is 0.254 e. The SMILES string of the molecule is C[C@@H]1CN(c2cc(C(=O)N3CCOCC3)ccn2)C[C@@]1(O)C1CCC1. The summed E-state index contributed by atoms with van der Waals surface area (Å²) in [6, 6.07) is 3.65. The molecule has 1 aliphatic carbocycles. The molecule has 4 rings (SSSR count). The first kappa shape index (κ1) is 16.8. The van der Waals surface area contributed by atoms with E-state index in [4.69, 9.17) is 4.74 Å². The number of β-amino-alcohol motifs (C(OH)–C–C–N with tert-alkyl or cyclic N) is 1. The van der Waals surface area contributed by atoms with Crippen molar-refractivity contribution < 1.29 is 14.6 Å². The second-order valence-corrected chi connectivity index (χ2v) is 7.71. The van der Waals surface area contributed by atoms with E-state index < -0.39 is 5.60 Å². The van der Waals surface area contributed by atoms with Gasteiger partial charge in [-0.1, -0.05) is 13.3 Å². The van der Waals surface area contributed by atoms with Crippen molar-refractivity contribution >= 4 is 11.7 Å². The summed E-state index contributed by atoms with van der Waals surface area (Å²) >= 11 is 0. The smallest absolute Gasteiger partial charge is 0.254 e. The Balaban J connectivity index is 1.50. The Bertz CT molecular complexity index is 643. The number of carbonyl (C=O) groups is 1. The van der Waals surface area contributed by atoms with Crippen LogP contribution in [-0.2, 0) is 4.74 Å². The van der Waals surface area contributed by atoms with E-state index >= 15 is 0 Å². The molecule has 3 aliphatic rings. The lowest BCUT2D eigenvalue weighted by Gasteiger charge is -2.41. The molecule has 0 radical (unpaired) electrons. The summed E-state index contributed by atoms with van der Waals surface area (Å²) in [5.41, 5.74) is 0.0445. The van der Waals surface area contributed by atoms with Gasteiger partial charge in [0.2, 0.25) is 0 Å². The van der Waals surface area contributed by atoms with Crippen molar-refractivity contribution in [1.82, 2.24) is 9.88 Å². The first-order valence-electron chi connectivity index (χ1n) is 9.38. The van der Waals surface area contributed by atoms with Crippen molar-refractivity contribution in [3.8, 4) is 0 Å². The zero-order chi connectivity index (χ0) is 17.4. The zero-order valence-electron chi connectivity index (χ0n) is 14.9. The number of anilines is 1. The van der Waals surface area contributed by atoms with Crippen LogP contribution in [0.2, 0.25) is 0 Å². The van der Waals surface area contributed by atoms with E-state index in [1.165, 1.54) is 6.42 Å². The zero-order valence-corrected chi connectivity index (χ0v) is 14.9. The number of morpholine rings is 1. The van der Waals surface area contributed by atoms with Gasteiger partial charge in [0.25, 0.3) is 5.91 Å². The fraction of sp³-hybridized carbons (Fsp3) is 0.684. The van der Waals surface area contributed by atoms with Crippen LogP contribution < -0.4 is 4.90 Å². The number of aromatic nitrogens is 1. The summed E-state index contributed by atoms with van der Waals surface area (Å²) in [6.45, 7) is 6.00. The van der Waals surface area contributed by atoms with Gasteiger partial charge in [0.15, 0.2) is 0 Å². The second-order valence-electron chi connectivity index (χ2n) is 7.71. The molecule has 25 heavy (non-hydrogen) atoms. The molecule has 2 saturated heterocycles. The molecule has 3 heterocycles. The summed E-state index contributed by atoms with van der Waals surface area (Å²) in [5, 5.41) is 11.1. The molecule has 1 N–H and O–H groups in total. The van der Waals surface area contributed by atoms with Crippen LogP contribution in [0.25, 0.3) is 0 Å². The highest BCUT2D eigenvalue weighted by atomic mass is 16.5. The number of rotatable bonds is 3. The fourth-order valence-corrected chi connectivity index (χ4v) is 4.30. The number of pyridine rings is 1. The third kappa shape index (κ3) is 3.02. The minimum atomic E-state index is -0.621. The van der Waals surface area contributed by atoms with Gasteiger partial charge in [-0.25, -0.2) is 4.98 Å². The Hall–Kier alpha value is -1.66. The molecule has 0 bridgehead atoms. The van der Waals surface area contributed by atoms with Crippen LogP contribution in [0.4, 0.5) is 5.82 Å². The Morgan fingerprint density at radius 1 is 1.36 bits per heavy atom. The average Bonchev–Trinajstić information content (AvgIpc) is 2.89. The molecule has 1 aromatic heterocycles. The molecular formula is C19H27N3O3. The quantitative estimate of drug-likeness (QED) is 0.900. The Labute approximate surface area is 148 Å². The molecule has 6 heteroatoms. The highest BCUT2D eigenvalue weighted by molar-refractivity contribution is 5.95. The van der Waals surface area contributed by atoms with Crippen LogP contribution in [-0.4, -0.2) is 65.9 Å². The molecule has 2 atom stereocenters. The van der Waals surface area contributed by atoms with Crippen molar-refractivity contribution in [3.63, 3.8) is 0 Å². The molecule has 1 aromatic rings. The Morgan fingerprint density at radius 3 is 2.80 bits per heavy atom. The van der Waals surface area contributed by atoms with Gasteiger partial charge in [-0.15, -0.1) is 0 Å². The average molecular weight is 345 g/mol. The van der Waals surface area contributed by atoms with E-state index in [0.717, 1.165) is 25.2 Å². The molecule has 3 fully saturated rings. The van der Waals surface area contributed by atoms with Gasteiger partial charge < -0.3 is 19.6 Å². The van der Waals surface area contributed by atoms with Crippen molar-refractivity contribution in [1.29, 1.82) is 0 Å². The lowest BCUT2D eigenvalue weighted by atomic mass is 9.69. The molecule has 0 spiro atoms. The molecular weight excluding hydrogens is 318 g/mol. The van der Waals surface area contributed by atoms with Crippen LogP contribution >= 0.6 is 0 Å². The van der Waals surface area contributed by atoms with Crippen LogP contribution in [0, 0.1) is 11.8 Å². The van der Waals surface area contributed by atoms with Crippen LogP contribution in [0.3, 0.4) is 0 Å². The number of hydrogen-bond donors (Lipinski definition) is 1. The van der Waals surface area contributed by atoms with Crippen LogP contribution in [0.1, 0.15) is 36.5 Å². The Morgan fingerprint density at radius 2 is 2.12 bits per heavy atom. The molecule has 6 nitrogen and oxygen atoms in total. The summed E-state index contributed by atoms with van der Waals surface area (Å²) in [4.78, 5) is 21.1. The number of nitrogens with zero attached hydrogens (tertiary/aromatic N) is 3. The maximum atomic E-state index is 12.7. The second kappa shape index (κ2) is 6.57. The molecule has 1 saturated carbocycles. The van der Waals surface area contributed by atoms with E-state index in [2.05, 4.69) is 16.8 Å². The van der Waals surface area contributed by atoms with Gasteiger partial charge in [-0.05, 0) is 30.9 Å². The summed E-state index contributed by atoms with van der Waals surface area (Å²) < 4.78 is 5.32. The normalized spacial score (nSPS) is 30.4. The van der Waals surface area contributed by atoms with Gasteiger partial charge in [0, 0.05) is 43.9 Å². The van der Waals surface area contributed by atoms with Crippen LogP contribution in [0.15, 0.2) is 18.3 Å². The van der Waals surface area contributed by atoms with Crippen molar-refractivity contribution in [2.75, 3.05) is 44.3 Å². The van der Waals surface area contributed by atoms with Gasteiger partial charge in [0.1, 0.15) is 5.82 Å². The Kier molecular flexibility index (Phi) is 4.41. The highest BCUT2D eigenvalue weighted by Crippen LogP contribution is 2.44. The minimum absolute atomic E-state index is 0.0356. The summed E-state index contributed by atoms with van der Waals surface area (Å²) in [7, 11) is 0. The number of aliphatic hydroxyl groups is 1. The first-order valence-corrected chi connectivity index (χ1v) is 9.38. The van der Waals surface area contributed by atoms with Crippen molar-refractivity contribution in [3.05, 3.63) is 23.9 Å². The van der Waals surface area contributed by atoms with Gasteiger partial charge in [-0.2, -0.15) is 0 Å². The van der Waals surface area contributed by atoms with E-state index in [-0.39, 0.29) is 11.8 Å². The number of amides is 1. The monoisotopic (exact) mass is 345 g/mol. The molecule has 1 amide bonds.